The average molecular weight is 430 g/mol. The minimum atomic E-state index is -0.302. The van der Waals surface area contributed by atoms with Crippen molar-refractivity contribution < 1.29 is 9.18 Å². The molecule has 0 aliphatic carbocycles. The SMILES string of the molecule is Cc1[nH]c2ccc(F)cc2c1CC(=O)NCc1ccccc1-c1ccc(CN(C)C)cc1. The number of carbonyl (C=O) groups is 1. The number of aromatic amines is 1. The number of fused-ring (bicyclic) bond motifs is 1. The lowest BCUT2D eigenvalue weighted by atomic mass is 9.98. The predicted octanol–water partition coefficient (Wildman–Crippen LogP) is 5.20. The maximum Gasteiger partial charge on any atom is 0.224 e. The van der Waals surface area contributed by atoms with Crippen LogP contribution in [0.3, 0.4) is 0 Å². The molecule has 0 aliphatic rings. The van der Waals surface area contributed by atoms with Gasteiger partial charge >= 0.3 is 0 Å². The number of halogens is 1. The van der Waals surface area contributed by atoms with Gasteiger partial charge in [-0.05, 0) is 67.0 Å². The summed E-state index contributed by atoms with van der Waals surface area (Å²) in [6, 6.07) is 21.3. The van der Waals surface area contributed by atoms with Crippen LogP contribution in [0.15, 0.2) is 66.7 Å². The molecule has 0 bridgehead atoms. The molecule has 4 nitrogen and oxygen atoms in total. The first-order chi connectivity index (χ1) is 15.4. The summed E-state index contributed by atoms with van der Waals surface area (Å²) in [6.07, 6.45) is 0.205. The van der Waals surface area contributed by atoms with Gasteiger partial charge in [0.05, 0.1) is 6.42 Å². The van der Waals surface area contributed by atoms with Crippen molar-refractivity contribution in [2.24, 2.45) is 0 Å². The van der Waals surface area contributed by atoms with Gasteiger partial charge in [-0.15, -0.1) is 0 Å². The summed E-state index contributed by atoms with van der Waals surface area (Å²) >= 11 is 0. The highest BCUT2D eigenvalue weighted by Crippen LogP contribution is 2.25. The Hall–Kier alpha value is -3.44. The Morgan fingerprint density at radius 1 is 1.03 bits per heavy atom. The Labute approximate surface area is 188 Å². The number of rotatable bonds is 7. The molecule has 4 aromatic rings. The van der Waals surface area contributed by atoms with Gasteiger partial charge in [-0.3, -0.25) is 4.79 Å². The van der Waals surface area contributed by atoms with Crippen LogP contribution < -0.4 is 5.32 Å². The summed E-state index contributed by atoms with van der Waals surface area (Å²) < 4.78 is 13.7. The van der Waals surface area contributed by atoms with Gasteiger partial charge in [-0.25, -0.2) is 4.39 Å². The first kappa shape index (κ1) is 21.8. The minimum absolute atomic E-state index is 0.0885. The molecule has 0 unspecified atom stereocenters. The van der Waals surface area contributed by atoms with Crippen LogP contribution in [0.5, 0.6) is 0 Å². The zero-order valence-corrected chi connectivity index (χ0v) is 18.7. The van der Waals surface area contributed by atoms with Gasteiger partial charge < -0.3 is 15.2 Å². The van der Waals surface area contributed by atoms with Gasteiger partial charge in [-0.1, -0.05) is 48.5 Å². The van der Waals surface area contributed by atoms with E-state index in [0.717, 1.165) is 45.4 Å². The minimum Gasteiger partial charge on any atom is -0.358 e. The van der Waals surface area contributed by atoms with E-state index in [2.05, 4.69) is 59.6 Å². The molecular formula is C27H28FN3O. The number of hydrogen-bond donors (Lipinski definition) is 2. The number of benzene rings is 3. The van der Waals surface area contributed by atoms with Crippen LogP contribution in [0.2, 0.25) is 0 Å². The van der Waals surface area contributed by atoms with E-state index >= 15 is 0 Å². The van der Waals surface area contributed by atoms with Crippen LogP contribution in [0.4, 0.5) is 4.39 Å². The molecule has 0 atom stereocenters. The number of H-pyrrole nitrogens is 1. The fourth-order valence-electron chi connectivity index (χ4n) is 4.11. The number of aryl methyl sites for hydroxylation is 1. The van der Waals surface area contributed by atoms with Crippen LogP contribution in [-0.4, -0.2) is 29.9 Å². The van der Waals surface area contributed by atoms with E-state index < -0.39 is 0 Å². The zero-order valence-electron chi connectivity index (χ0n) is 18.7. The van der Waals surface area contributed by atoms with E-state index in [1.54, 1.807) is 6.07 Å². The number of carbonyl (C=O) groups excluding carboxylic acids is 1. The summed E-state index contributed by atoms with van der Waals surface area (Å²) in [7, 11) is 4.11. The number of aromatic nitrogens is 1. The summed E-state index contributed by atoms with van der Waals surface area (Å²) in [5, 5.41) is 3.80. The third-order valence-electron chi connectivity index (χ3n) is 5.68. The third-order valence-corrected chi connectivity index (χ3v) is 5.68. The molecule has 5 heteroatoms. The van der Waals surface area contributed by atoms with Crippen LogP contribution in [0.1, 0.15) is 22.4 Å². The van der Waals surface area contributed by atoms with Crippen molar-refractivity contribution in [3.05, 3.63) is 94.9 Å². The Bertz CT molecular complexity index is 1240. The molecule has 164 valence electrons. The molecule has 0 saturated carbocycles. The summed E-state index contributed by atoms with van der Waals surface area (Å²) in [4.78, 5) is 18.1. The monoisotopic (exact) mass is 429 g/mol. The molecule has 0 fully saturated rings. The second-order valence-corrected chi connectivity index (χ2v) is 8.46. The highest BCUT2D eigenvalue weighted by Gasteiger charge is 2.14. The Kier molecular flexibility index (Phi) is 6.37. The van der Waals surface area contributed by atoms with Crippen LogP contribution in [0, 0.1) is 12.7 Å². The van der Waals surface area contributed by atoms with Gasteiger partial charge in [0.1, 0.15) is 5.82 Å². The summed E-state index contributed by atoms with van der Waals surface area (Å²) in [6.45, 7) is 3.25. The van der Waals surface area contributed by atoms with Gasteiger partial charge in [0.2, 0.25) is 5.91 Å². The number of amides is 1. The average Bonchev–Trinajstić information content (AvgIpc) is 3.07. The summed E-state index contributed by atoms with van der Waals surface area (Å²) in [5.41, 5.74) is 7.11. The Morgan fingerprint density at radius 2 is 1.78 bits per heavy atom. The molecule has 0 radical (unpaired) electrons. The standard InChI is InChI=1S/C27H28FN3O/c1-18-24(25-14-22(28)12-13-26(25)30-18)15-27(32)29-16-21-6-4-5-7-23(21)20-10-8-19(9-11-20)17-31(2)3/h4-14,30H,15-17H2,1-3H3,(H,29,32). The van der Waals surface area contributed by atoms with E-state index in [9.17, 15) is 9.18 Å². The molecular weight excluding hydrogens is 401 g/mol. The van der Waals surface area contributed by atoms with Crippen molar-refractivity contribution >= 4 is 16.8 Å². The quantitative estimate of drug-likeness (QED) is 0.424. The van der Waals surface area contributed by atoms with E-state index in [1.165, 1.54) is 17.7 Å². The molecule has 1 amide bonds. The van der Waals surface area contributed by atoms with Crippen LogP contribution >= 0.6 is 0 Å². The van der Waals surface area contributed by atoms with Crippen molar-refractivity contribution in [3.8, 4) is 11.1 Å². The largest absolute Gasteiger partial charge is 0.358 e. The normalized spacial score (nSPS) is 11.3. The zero-order chi connectivity index (χ0) is 22.7. The van der Waals surface area contributed by atoms with Crippen molar-refractivity contribution in [3.63, 3.8) is 0 Å². The molecule has 1 heterocycles. The molecule has 32 heavy (non-hydrogen) atoms. The van der Waals surface area contributed by atoms with Gasteiger partial charge in [0.15, 0.2) is 0 Å². The third kappa shape index (κ3) is 4.89. The van der Waals surface area contributed by atoms with Crippen LogP contribution in [-0.2, 0) is 24.3 Å². The number of nitrogens with one attached hydrogen (secondary N) is 2. The number of nitrogens with zero attached hydrogens (tertiary/aromatic N) is 1. The summed E-state index contributed by atoms with van der Waals surface area (Å²) in [5.74, 6) is -0.391. The van der Waals surface area contributed by atoms with E-state index in [4.69, 9.17) is 0 Å². The number of hydrogen-bond acceptors (Lipinski definition) is 2. The Morgan fingerprint density at radius 3 is 2.53 bits per heavy atom. The molecule has 2 N–H and O–H groups in total. The van der Waals surface area contributed by atoms with E-state index in [0.29, 0.717) is 6.54 Å². The Balaban J connectivity index is 1.47. The van der Waals surface area contributed by atoms with Gasteiger partial charge in [0, 0.05) is 29.7 Å². The molecule has 3 aromatic carbocycles. The first-order valence-electron chi connectivity index (χ1n) is 10.8. The smallest absolute Gasteiger partial charge is 0.224 e. The highest BCUT2D eigenvalue weighted by molar-refractivity contribution is 5.90. The molecule has 0 saturated heterocycles. The fraction of sp³-hybridized carbons (Fsp3) is 0.222. The van der Waals surface area contributed by atoms with Crippen molar-refractivity contribution in [2.45, 2.75) is 26.4 Å². The fourth-order valence-corrected chi connectivity index (χ4v) is 4.11. The van der Waals surface area contributed by atoms with E-state index in [1.807, 2.05) is 25.1 Å². The second-order valence-electron chi connectivity index (χ2n) is 8.46. The molecule has 1 aromatic heterocycles. The molecule has 0 aliphatic heterocycles. The first-order valence-corrected chi connectivity index (χ1v) is 10.8. The maximum atomic E-state index is 13.7. The van der Waals surface area contributed by atoms with Gasteiger partial charge in [0.25, 0.3) is 0 Å². The van der Waals surface area contributed by atoms with Crippen LogP contribution in [0.25, 0.3) is 22.0 Å². The lowest BCUT2D eigenvalue weighted by Crippen LogP contribution is -2.25. The topological polar surface area (TPSA) is 48.1 Å². The van der Waals surface area contributed by atoms with Gasteiger partial charge in [-0.2, -0.15) is 0 Å². The lowest BCUT2D eigenvalue weighted by Gasteiger charge is -2.13. The highest BCUT2D eigenvalue weighted by atomic mass is 19.1. The second kappa shape index (κ2) is 9.37. The lowest BCUT2D eigenvalue weighted by molar-refractivity contribution is -0.120. The van der Waals surface area contributed by atoms with Crippen molar-refractivity contribution in [1.29, 1.82) is 0 Å². The van der Waals surface area contributed by atoms with Crippen molar-refractivity contribution in [1.82, 2.24) is 15.2 Å². The van der Waals surface area contributed by atoms with E-state index in [-0.39, 0.29) is 18.1 Å². The maximum absolute atomic E-state index is 13.7. The van der Waals surface area contributed by atoms with Crippen molar-refractivity contribution in [2.75, 3.05) is 14.1 Å². The predicted molar refractivity (Wildman–Crippen MR) is 128 cm³/mol. The molecule has 0 spiro atoms. The molecule has 4 rings (SSSR count).